The van der Waals surface area contributed by atoms with Gasteiger partial charge in [0.25, 0.3) is 0 Å². The monoisotopic (exact) mass is 291 g/mol. The Balaban J connectivity index is 1.75. The Bertz CT molecular complexity index is 481. The van der Waals surface area contributed by atoms with Crippen molar-refractivity contribution in [3.8, 4) is 0 Å². The molecule has 2 heterocycles. The van der Waals surface area contributed by atoms with Gasteiger partial charge in [-0.05, 0) is 31.9 Å². The van der Waals surface area contributed by atoms with Crippen molar-refractivity contribution in [2.24, 2.45) is 0 Å². The van der Waals surface area contributed by atoms with Crippen LogP contribution in [0.15, 0.2) is 18.3 Å². The van der Waals surface area contributed by atoms with E-state index in [-0.39, 0.29) is 11.9 Å². The van der Waals surface area contributed by atoms with Crippen LogP contribution < -0.4 is 5.32 Å². The number of nitrogens with one attached hydrogen (secondary N) is 1. The van der Waals surface area contributed by atoms with Gasteiger partial charge < -0.3 is 15.0 Å². The number of aromatic nitrogens is 1. The molecule has 1 N–H and O–H groups in total. The lowest BCUT2D eigenvalue weighted by Crippen LogP contribution is -2.29. The lowest BCUT2D eigenvalue weighted by Gasteiger charge is -2.15. The van der Waals surface area contributed by atoms with E-state index in [0.717, 1.165) is 25.9 Å². The lowest BCUT2D eigenvalue weighted by atomic mass is 10.3. The van der Waals surface area contributed by atoms with Crippen molar-refractivity contribution in [1.29, 1.82) is 0 Å². The first-order valence-corrected chi connectivity index (χ1v) is 7.35. The molecular formula is C15H21N3O3. The van der Waals surface area contributed by atoms with Gasteiger partial charge in [0.2, 0.25) is 5.91 Å². The standard InChI is InChI=1S/C15H21N3O3/c1-2-21-15(20)12-5-6-13(17-11-12)16-8-7-14(19)18-9-3-4-10-18/h5-6,11H,2-4,7-10H2,1H3,(H,16,17). The molecule has 0 bridgehead atoms. The summed E-state index contributed by atoms with van der Waals surface area (Å²) in [5.41, 5.74) is 0.426. The lowest BCUT2D eigenvalue weighted by molar-refractivity contribution is -0.129. The zero-order valence-corrected chi connectivity index (χ0v) is 12.3. The van der Waals surface area contributed by atoms with E-state index in [1.54, 1.807) is 19.1 Å². The minimum absolute atomic E-state index is 0.183. The maximum atomic E-state index is 11.9. The van der Waals surface area contributed by atoms with E-state index in [2.05, 4.69) is 10.3 Å². The molecule has 6 nitrogen and oxygen atoms in total. The smallest absolute Gasteiger partial charge is 0.339 e. The van der Waals surface area contributed by atoms with Gasteiger partial charge in [0.05, 0.1) is 12.2 Å². The third-order valence-electron chi connectivity index (χ3n) is 3.38. The second kappa shape index (κ2) is 7.61. The summed E-state index contributed by atoms with van der Waals surface area (Å²) in [5, 5.41) is 3.09. The molecule has 1 amide bonds. The minimum Gasteiger partial charge on any atom is -0.462 e. The number of carbonyl (C=O) groups excluding carboxylic acids is 2. The van der Waals surface area contributed by atoms with E-state index in [4.69, 9.17) is 4.74 Å². The Kier molecular flexibility index (Phi) is 5.54. The summed E-state index contributed by atoms with van der Waals surface area (Å²) >= 11 is 0. The van der Waals surface area contributed by atoms with Crippen LogP contribution in [0, 0.1) is 0 Å². The molecule has 0 spiro atoms. The number of ether oxygens (including phenoxy) is 1. The number of hydrogen-bond donors (Lipinski definition) is 1. The molecule has 114 valence electrons. The van der Waals surface area contributed by atoms with Gasteiger partial charge in [-0.1, -0.05) is 0 Å². The highest BCUT2D eigenvalue weighted by molar-refractivity contribution is 5.89. The number of carbonyl (C=O) groups is 2. The predicted octanol–water partition coefficient (Wildman–Crippen LogP) is 1.68. The molecule has 0 aromatic carbocycles. The molecule has 0 atom stereocenters. The molecule has 1 fully saturated rings. The molecule has 2 rings (SSSR count). The molecule has 0 radical (unpaired) electrons. The largest absolute Gasteiger partial charge is 0.462 e. The first kappa shape index (κ1) is 15.3. The van der Waals surface area contributed by atoms with Gasteiger partial charge in [-0.2, -0.15) is 0 Å². The van der Waals surface area contributed by atoms with Crippen LogP contribution >= 0.6 is 0 Å². The fourth-order valence-electron chi connectivity index (χ4n) is 2.26. The van der Waals surface area contributed by atoms with Gasteiger partial charge in [-0.15, -0.1) is 0 Å². The highest BCUT2D eigenvalue weighted by Crippen LogP contribution is 2.10. The van der Waals surface area contributed by atoms with Crippen molar-refractivity contribution in [3.63, 3.8) is 0 Å². The highest BCUT2D eigenvalue weighted by atomic mass is 16.5. The molecule has 1 aromatic rings. The van der Waals surface area contributed by atoms with Crippen molar-refractivity contribution in [2.75, 3.05) is 31.6 Å². The number of hydrogen-bond acceptors (Lipinski definition) is 5. The number of anilines is 1. The summed E-state index contributed by atoms with van der Waals surface area (Å²) in [6, 6.07) is 3.38. The zero-order chi connectivity index (χ0) is 15.1. The van der Waals surface area contributed by atoms with Crippen molar-refractivity contribution < 1.29 is 14.3 Å². The highest BCUT2D eigenvalue weighted by Gasteiger charge is 2.17. The molecule has 6 heteroatoms. The second-order valence-corrected chi connectivity index (χ2v) is 4.92. The van der Waals surface area contributed by atoms with Gasteiger partial charge in [0.15, 0.2) is 0 Å². The molecule has 0 aliphatic carbocycles. The maximum Gasteiger partial charge on any atom is 0.339 e. The van der Waals surface area contributed by atoms with Gasteiger partial charge in [-0.3, -0.25) is 4.79 Å². The Hall–Kier alpha value is -2.11. The molecule has 21 heavy (non-hydrogen) atoms. The van der Waals surface area contributed by atoms with Crippen LogP contribution in [-0.4, -0.2) is 48.0 Å². The van der Waals surface area contributed by atoms with E-state index in [0.29, 0.717) is 31.0 Å². The Labute approximate surface area is 124 Å². The Morgan fingerprint density at radius 1 is 1.33 bits per heavy atom. The van der Waals surface area contributed by atoms with Crippen LogP contribution in [0.25, 0.3) is 0 Å². The number of likely N-dealkylation sites (tertiary alicyclic amines) is 1. The van der Waals surface area contributed by atoms with Crippen molar-refractivity contribution in [3.05, 3.63) is 23.9 Å². The summed E-state index contributed by atoms with van der Waals surface area (Å²) in [6.07, 6.45) is 4.15. The van der Waals surface area contributed by atoms with E-state index in [9.17, 15) is 9.59 Å². The second-order valence-electron chi connectivity index (χ2n) is 4.92. The molecule has 0 saturated carbocycles. The number of esters is 1. The van der Waals surface area contributed by atoms with E-state index >= 15 is 0 Å². The van der Waals surface area contributed by atoms with E-state index < -0.39 is 0 Å². The SMILES string of the molecule is CCOC(=O)c1ccc(NCCC(=O)N2CCCC2)nc1. The van der Waals surface area contributed by atoms with Crippen molar-refractivity contribution in [2.45, 2.75) is 26.2 Å². The van der Waals surface area contributed by atoms with Crippen LogP contribution in [0.3, 0.4) is 0 Å². The maximum absolute atomic E-state index is 11.9. The summed E-state index contributed by atoms with van der Waals surface area (Å²) in [6.45, 7) is 4.41. The average molecular weight is 291 g/mol. The first-order valence-electron chi connectivity index (χ1n) is 7.35. The van der Waals surface area contributed by atoms with Gasteiger partial charge in [0.1, 0.15) is 5.82 Å². The first-order chi connectivity index (χ1) is 10.2. The topological polar surface area (TPSA) is 71.5 Å². The summed E-state index contributed by atoms with van der Waals surface area (Å²) in [5.74, 6) is 0.459. The van der Waals surface area contributed by atoms with Gasteiger partial charge >= 0.3 is 5.97 Å². The van der Waals surface area contributed by atoms with Crippen molar-refractivity contribution >= 4 is 17.7 Å². The van der Waals surface area contributed by atoms with Crippen LogP contribution in [0.2, 0.25) is 0 Å². The minimum atomic E-state index is -0.374. The molecule has 1 aliphatic rings. The van der Waals surface area contributed by atoms with E-state index in [1.165, 1.54) is 6.20 Å². The molecule has 1 aromatic heterocycles. The number of rotatable bonds is 6. The Morgan fingerprint density at radius 2 is 2.10 bits per heavy atom. The number of amides is 1. The number of pyridine rings is 1. The van der Waals surface area contributed by atoms with Gasteiger partial charge in [0, 0.05) is 32.3 Å². The summed E-state index contributed by atoms with van der Waals surface area (Å²) in [7, 11) is 0. The molecule has 0 unspecified atom stereocenters. The van der Waals surface area contributed by atoms with Crippen molar-refractivity contribution in [1.82, 2.24) is 9.88 Å². The number of nitrogens with zero attached hydrogens (tertiary/aromatic N) is 2. The predicted molar refractivity (Wildman–Crippen MR) is 79.1 cm³/mol. The van der Waals surface area contributed by atoms with Crippen LogP contribution in [-0.2, 0) is 9.53 Å². The molecular weight excluding hydrogens is 270 g/mol. The Morgan fingerprint density at radius 3 is 2.71 bits per heavy atom. The average Bonchev–Trinajstić information content (AvgIpc) is 3.02. The van der Waals surface area contributed by atoms with Crippen LogP contribution in [0.5, 0.6) is 0 Å². The quantitative estimate of drug-likeness (QED) is 0.807. The fraction of sp³-hybridized carbons (Fsp3) is 0.533. The summed E-state index contributed by atoms with van der Waals surface area (Å²) in [4.78, 5) is 29.4. The van der Waals surface area contributed by atoms with Crippen LogP contribution in [0.1, 0.15) is 36.5 Å². The fourth-order valence-corrected chi connectivity index (χ4v) is 2.26. The van der Waals surface area contributed by atoms with Crippen LogP contribution in [0.4, 0.5) is 5.82 Å². The molecule has 1 saturated heterocycles. The molecule has 1 aliphatic heterocycles. The van der Waals surface area contributed by atoms with E-state index in [1.807, 2.05) is 4.90 Å². The van der Waals surface area contributed by atoms with Gasteiger partial charge in [-0.25, -0.2) is 9.78 Å². The normalized spacial score (nSPS) is 14.0. The zero-order valence-electron chi connectivity index (χ0n) is 12.3. The summed E-state index contributed by atoms with van der Waals surface area (Å²) < 4.78 is 4.89. The third-order valence-corrected chi connectivity index (χ3v) is 3.38. The third kappa shape index (κ3) is 4.44.